The number of hydrogen-bond donors (Lipinski definition) is 1. The minimum absolute atomic E-state index is 0. The molecule has 0 aliphatic carbocycles. The minimum atomic E-state index is 0. The SMILES string of the molecule is Cl.Cn1nnnc1SCCCNCc1cc(Br)c(OCc2ccccc2)c(Br)c1. The van der Waals surface area contributed by atoms with Crippen LogP contribution in [-0.4, -0.2) is 32.5 Å². The predicted octanol–water partition coefficient (Wildman–Crippen LogP) is 5.01. The summed E-state index contributed by atoms with van der Waals surface area (Å²) in [7, 11) is 1.85. The van der Waals surface area contributed by atoms with Crippen LogP contribution in [0.1, 0.15) is 17.5 Å². The van der Waals surface area contributed by atoms with E-state index in [0.29, 0.717) is 6.61 Å². The van der Waals surface area contributed by atoms with Gasteiger partial charge >= 0.3 is 0 Å². The highest BCUT2D eigenvalue weighted by Crippen LogP contribution is 2.35. The Morgan fingerprint density at radius 1 is 1.10 bits per heavy atom. The van der Waals surface area contributed by atoms with E-state index in [-0.39, 0.29) is 12.4 Å². The first-order valence-electron chi connectivity index (χ1n) is 8.84. The topological polar surface area (TPSA) is 64.9 Å². The molecule has 0 amide bonds. The van der Waals surface area contributed by atoms with Gasteiger partial charge in [-0.2, -0.15) is 0 Å². The molecule has 156 valence electrons. The summed E-state index contributed by atoms with van der Waals surface area (Å²) in [5, 5.41) is 15.7. The minimum Gasteiger partial charge on any atom is -0.487 e. The van der Waals surface area contributed by atoms with Crippen LogP contribution in [0.2, 0.25) is 0 Å². The highest BCUT2D eigenvalue weighted by atomic mass is 79.9. The van der Waals surface area contributed by atoms with Crippen molar-refractivity contribution in [3.05, 3.63) is 62.5 Å². The number of hydrogen-bond acceptors (Lipinski definition) is 6. The Balaban J connectivity index is 0.00000300. The van der Waals surface area contributed by atoms with E-state index >= 15 is 0 Å². The first kappa shape index (κ1) is 24.1. The van der Waals surface area contributed by atoms with Crippen LogP contribution < -0.4 is 10.1 Å². The van der Waals surface area contributed by atoms with Crippen LogP contribution in [0.4, 0.5) is 0 Å². The smallest absolute Gasteiger partial charge is 0.209 e. The van der Waals surface area contributed by atoms with Gasteiger partial charge in [0.15, 0.2) is 0 Å². The van der Waals surface area contributed by atoms with Crippen molar-refractivity contribution in [2.75, 3.05) is 12.3 Å². The molecule has 0 radical (unpaired) electrons. The molecule has 0 saturated heterocycles. The third-order valence-electron chi connectivity index (χ3n) is 3.92. The third-order valence-corrected chi connectivity index (χ3v) is 6.20. The molecule has 0 unspecified atom stereocenters. The van der Waals surface area contributed by atoms with Gasteiger partial charge in [-0.3, -0.25) is 0 Å². The molecule has 0 atom stereocenters. The Kier molecular flexibility index (Phi) is 10.4. The van der Waals surface area contributed by atoms with Crippen molar-refractivity contribution in [3.63, 3.8) is 0 Å². The average Bonchev–Trinajstić information content (AvgIpc) is 3.09. The van der Waals surface area contributed by atoms with Gasteiger partial charge in [-0.05, 0) is 78.5 Å². The van der Waals surface area contributed by atoms with Crippen LogP contribution >= 0.6 is 56.0 Å². The number of thioether (sulfide) groups is 1. The predicted molar refractivity (Wildman–Crippen MR) is 126 cm³/mol. The Hall–Kier alpha value is -1.13. The van der Waals surface area contributed by atoms with Gasteiger partial charge in [-0.15, -0.1) is 17.5 Å². The van der Waals surface area contributed by atoms with Crippen molar-refractivity contribution >= 4 is 56.0 Å². The number of ether oxygens (including phenoxy) is 1. The van der Waals surface area contributed by atoms with Gasteiger partial charge in [0, 0.05) is 19.3 Å². The fourth-order valence-corrected chi connectivity index (χ4v) is 4.82. The molecule has 3 rings (SSSR count). The van der Waals surface area contributed by atoms with E-state index in [4.69, 9.17) is 4.74 Å². The molecule has 10 heteroatoms. The van der Waals surface area contributed by atoms with Crippen molar-refractivity contribution in [3.8, 4) is 5.75 Å². The molecule has 1 aromatic heterocycles. The zero-order valence-corrected chi connectivity index (χ0v) is 20.7. The lowest BCUT2D eigenvalue weighted by molar-refractivity contribution is 0.302. The van der Waals surface area contributed by atoms with Crippen LogP contribution in [0.5, 0.6) is 5.75 Å². The zero-order valence-electron chi connectivity index (χ0n) is 15.8. The largest absolute Gasteiger partial charge is 0.487 e. The molecule has 6 nitrogen and oxygen atoms in total. The summed E-state index contributed by atoms with van der Waals surface area (Å²) >= 11 is 8.92. The van der Waals surface area contributed by atoms with Crippen LogP contribution in [0, 0.1) is 0 Å². The lowest BCUT2D eigenvalue weighted by atomic mass is 10.2. The van der Waals surface area contributed by atoms with E-state index in [0.717, 1.165) is 50.7 Å². The van der Waals surface area contributed by atoms with Crippen molar-refractivity contribution in [1.82, 2.24) is 25.5 Å². The maximum Gasteiger partial charge on any atom is 0.209 e. The first-order chi connectivity index (χ1) is 13.6. The molecule has 1 heterocycles. The average molecular weight is 564 g/mol. The number of aryl methyl sites for hydroxylation is 1. The van der Waals surface area contributed by atoms with Gasteiger partial charge < -0.3 is 10.1 Å². The van der Waals surface area contributed by atoms with Crippen LogP contribution in [0.3, 0.4) is 0 Å². The third kappa shape index (κ3) is 7.57. The molecule has 1 N–H and O–H groups in total. The molecule has 0 aliphatic rings. The number of nitrogens with zero attached hydrogens (tertiary/aromatic N) is 4. The van der Waals surface area contributed by atoms with E-state index in [2.05, 4.69) is 77.0 Å². The van der Waals surface area contributed by atoms with Crippen LogP contribution in [-0.2, 0) is 20.2 Å². The molecule has 3 aromatic rings. The summed E-state index contributed by atoms with van der Waals surface area (Å²) in [6.07, 6.45) is 1.04. The second kappa shape index (κ2) is 12.5. The maximum atomic E-state index is 5.98. The molecule has 0 saturated carbocycles. The highest BCUT2D eigenvalue weighted by molar-refractivity contribution is 9.11. The summed E-state index contributed by atoms with van der Waals surface area (Å²) < 4.78 is 9.55. The van der Waals surface area contributed by atoms with E-state index in [9.17, 15) is 0 Å². The Morgan fingerprint density at radius 3 is 2.48 bits per heavy atom. The number of rotatable bonds is 10. The van der Waals surface area contributed by atoms with Gasteiger partial charge in [0.1, 0.15) is 12.4 Å². The van der Waals surface area contributed by atoms with Crippen molar-refractivity contribution in [1.29, 1.82) is 0 Å². The number of nitrogens with one attached hydrogen (secondary N) is 1. The zero-order chi connectivity index (χ0) is 19.8. The molecular weight excluding hydrogens is 542 g/mol. The van der Waals surface area contributed by atoms with Gasteiger partial charge in [0.05, 0.1) is 8.95 Å². The number of tetrazole rings is 1. The molecule has 29 heavy (non-hydrogen) atoms. The standard InChI is InChI=1S/C19H21Br2N5OS.ClH/c1-26-19(23-24-25-26)28-9-5-8-22-12-15-10-16(20)18(17(21)11-15)27-13-14-6-3-2-4-7-14;/h2-4,6-7,10-11,22H,5,8-9,12-13H2,1H3;1H. The summed E-state index contributed by atoms with van der Waals surface area (Å²) in [5.74, 6) is 1.79. The van der Waals surface area contributed by atoms with Crippen molar-refractivity contribution < 1.29 is 4.74 Å². The second-order valence-corrected chi connectivity index (χ2v) is 8.90. The van der Waals surface area contributed by atoms with Gasteiger partial charge in [0.25, 0.3) is 0 Å². The summed E-state index contributed by atoms with van der Waals surface area (Å²) in [6, 6.07) is 14.3. The van der Waals surface area contributed by atoms with E-state index in [1.54, 1.807) is 16.4 Å². The summed E-state index contributed by atoms with van der Waals surface area (Å²) in [5.41, 5.74) is 2.33. The fraction of sp³-hybridized carbons (Fsp3) is 0.316. The van der Waals surface area contributed by atoms with Crippen molar-refractivity contribution in [2.24, 2.45) is 7.05 Å². The Bertz CT molecular complexity index is 874. The normalized spacial score (nSPS) is 10.6. The number of aromatic nitrogens is 4. The van der Waals surface area contributed by atoms with E-state index in [1.807, 2.05) is 25.2 Å². The lowest BCUT2D eigenvalue weighted by Gasteiger charge is -2.13. The monoisotopic (exact) mass is 561 g/mol. The molecule has 0 fully saturated rings. The van der Waals surface area contributed by atoms with E-state index in [1.165, 1.54) is 5.56 Å². The second-order valence-electron chi connectivity index (χ2n) is 6.13. The number of halogens is 3. The first-order valence-corrected chi connectivity index (χ1v) is 11.4. The Labute approximate surface area is 197 Å². The fourth-order valence-electron chi connectivity index (χ4n) is 2.52. The molecule has 0 bridgehead atoms. The summed E-state index contributed by atoms with van der Waals surface area (Å²) in [6.45, 7) is 2.26. The molecule has 2 aromatic carbocycles. The van der Waals surface area contributed by atoms with Gasteiger partial charge in [-0.25, -0.2) is 4.68 Å². The number of benzene rings is 2. The quantitative estimate of drug-likeness (QED) is 0.277. The van der Waals surface area contributed by atoms with Crippen LogP contribution in [0.15, 0.2) is 56.6 Å². The molecular formula is C19H22Br2ClN5OS. The van der Waals surface area contributed by atoms with Gasteiger partial charge in [0.2, 0.25) is 5.16 Å². The lowest BCUT2D eigenvalue weighted by Crippen LogP contribution is -2.15. The highest BCUT2D eigenvalue weighted by Gasteiger charge is 2.09. The van der Waals surface area contributed by atoms with Crippen LogP contribution in [0.25, 0.3) is 0 Å². The summed E-state index contributed by atoms with van der Waals surface area (Å²) in [4.78, 5) is 0. The molecule has 0 aliphatic heterocycles. The Morgan fingerprint density at radius 2 is 1.83 bits per heavy atom. The van der Waals surface area contributed by atoms with E-state index < -0.39 is 0 Å². The van der Waals surface area contributed by atoms with Crippen molar-refractivity contribution in [2.45, 2.75) is 24.7 Å². The molecule has 0 spiro atoms. The van der Waals surface area contributed by atoms with Gasteiger partial charge in [-0.1, -0.05) is 42.1 Å². The maximum absolute atomic E-state index is 5.98.